The molecule has 3 aromatic carbocycles. The Morgan fingerprint density at radius 1 is 0.879 bits per heavy atom. The van der Waals surface area contributed by atoms with Crippen LogP contribution >= 0.6 is 0 Å². The van der Waals surface area contributed by atoms with Crippen molar-refractivity contribution in [2.24, 2.45) is 0 Å². The fraction of sp³-hybridized carbons (Fsp3) is 0.214. The van der Waals surface area contributed by atoms with Gasteiger partial charge in [-0.05, 0) is 47.7 Å². The second-order valence-corrected chi connectivity index (χ2v) is 8.04. The van der Waals surface area contributed by atoms with Crippen molar-refractivity contribution in [3.63, 3.8) is 0 Å². The Bertz CT molecular complexity index is 1150. The van der Waals surface area contributed by atoms with Gasteiger partial charge in [-0.2, -0.15) is 4.39 Å². The highest BCUT2D eigenvalue weighted by Crippen LogP contribution is 2.34. The van der Waals surface area contributed by atoms with Crippen LogP contribution in [0.15, 0.2) is 79.9 Å². The maximum absolute atomic E-state index is 14.9. The number of rotatable bonds is 7. The molecule has 2 unspecified atom stereocenters. The molecule has 0 aromatic heterocycles. The van der Waals surface area contributed by atoms with Gasteiger partial charge < -0.3 is 9.47 Å². The van der Waals surface area contributed by atoms with Crippen molar-refractivity contribution in [3.05, 3.63) is 103 Å². The molecule has 33 heavy (non-hydrogen) atoms. The van der Waals surface area contributed by atoms with Crippen LogP contribution in [0.1, 0.15) is 24.3 Å². The van der Waals surface area contributed by atoms with Crippen molar-refractivity contribution in [1.82, 2.24) is 0 Å². The van der Waals surface area contributed by atoms with E-state index in [0.29, 0.717) is 23.3 Å². The maximum atomic E-state index is 14.9. The van der Waals surface area contributed by atoms with E-state index < -0.39 is 11.6 Å². The molecule has 1 aliphatic rings. The van der Waals surface area contributed by atoms with Gasteiger partial charge in [-0.15, -0.1) is 6.58 Å². The molecule has 1 saturated heterocycles. The normalized spacial score (nSPS) is 18.0. The second kappa shape index (κ2) is 10.1. The minimum absolute atomic E-state index is 0.0677. The Morgan fingerprint density at radius 3 is 2.18 bits per heavy atom. The van der Waals surface area contributed by atoms with E-state index in [-0.39, 0.29) is 35.8 Å². The van der Waals surface area contributed by atoms with Crippen molar-refractivity contribution in [3.8, 4) is 28.0 Å². The molecule has 0 aliphatic carbocycles. The van der Waals surface area contributed by atoms with E-state index in [0.717, 1.165) is 18.4 Å². The summed E-state index contributed by atoms with van der Waals surface area (Å²) in [6.07, 6.45) is 5.12. The summed E-state index contributed by atoms with van der Waals surface area (Å²) in [4.78, 5) is 0. The zero-order valence-corrected chi connectivity index (χ0v) is 18.2. The largest absolute Gasteiger partial charge is 0.486 e. The van der Waals surface area contributed by atoms with Gasteiger partial charge >= 0.3 is 0 Å². The first-order chi connectivity index (χ1) is 16.0. The van der Waals surface area contributed by atoms with E-state index >= 15 is 0 Å². The van der Waals surface area contributed by atoms with Crippen LogP contribution in [-0.2, 0) is 4.74 Å². The van der Waals surface area contributed by atoms with E-state index in [1.54, 1.807) is 42.5 Å². The SMILES string of the molecule is C=CCOc1ccc(-c2ccc(-c3ccc(C4CCC(C=C)OC4)cc3F)cc2)c(F)c1F. The van der Waals surface area contributed by atoms with E-state index in [1.165, 1.54) is 18.2 Å². The lowest BCUT2D eigenvalue weighted by Gasteiger charge is -2.27. The molecule has 0 bridgehead atoms. The van der Waals surface area contributed by atoms with Gasteiger partial charge in [0.2, 0.25) is 5.82 Å². The van der Waals surface area contributed by atoms with Crippen LogP contribution < -0.4 is 4.74 Å². The van der Waals surface area contributed by atoms with Gasteiger partial charge in [0.05, 0.1) is 12.7 Å². The molecule has 1 aliphatic heterocycles. The van der Waals surface area contributed by atoms with Crippen LogP contribution in [0.25, 0.3) is 22.3 Å². The molecule has 0 radical (unpaired) electrons. The Labute approximate surface area is 192 Å². The van der Waals surface area contributed by atoms with Crippen molar-refractivity contribution in [1.29, 1.82) is 0 Å². The highest BCUT2D eigenvalue weighted by molar-refractivity contribution is 5.71. The van der Waals surface area contributed by atoms with Crippen LogP contribution in [-0.4, -0.2) is 19.3 Å². The number of halogens is 3. The van der Waals surface area contributed by atoms with Gasteiger partial charge in [0.15, 0.2) is 11.6 Å². The van der Waals surface area contributed by atoms with E-state index in [2.05, 4.69) is 13.2 Å². The van der Waals surface area contributed by atoms with Gasteiger partial charge in [0, 0.05) is 17.0 Å². The third-order valence-electron chi connectivity index (χ3n) is 5.95. The van der Waals surface area contributed by atoms with Gasteiger partial charge in [-0.1, -0.05) is 55.1 Å². The summed E-state index contributed by atoms with van der Waals surface area (Å²) in [6.45, 7) is 7.87. The highest BCUT2D eigenvalue weighted by atomic mass is 19.2. The number of hydrogen-bond donors (Lipinski definition) is 0. The maximum Gasteiger partial charge on any atom is 0.201 e. The molecule has 5 heteroatoms. The summed E-state index contributed by atoms with van der Waals surface area (Å²) in [7, 11) is 0. The average molecular weight is 451 g/mol. The van der Waals surface area contributed by atoms with Crippen molar-refractivity contribution in [2.75, 3.05) is 13.2 Å². The summed E-state index contributed by atoms with van der Waals surface area (Å²) < 4.78 is 54.7. The number of hydrogen-bond acceptors (Lipinski definition) is 2. The highest BCUT2D eigenvalue weighted by Gasteiger charge is 2.22. The summed E-state index contributed by atoms with van der Waals surface area (Å²) in [6, 6.07) is 14.8. The summed E-state index contributed by atoms with van der Waals surface area (Å²) >= 11 is 0. The van der Waals surface area contributed by atoms with Crippen LogP contribution in [0.3, 0.4) is 0 Å². The average Bonchev–Trinajstić information content (AvgIpc) is 2.85. The molecule has 4 rings (SSSR count). The van der Waals surface area contributed by atoms with E-state index in [9.17, 15) is 13.2 Å². The zero-order chi connectivity index (χ0) is 23.4. The molecule has 0 amide bonds. The standard InChI is InChI=1S/C28H25F3O2/c1-3-15-32-26-14-13-24(27(30)28(26)31)19-7-5-18(6-8-19)23-12-10-20(16-25(23)29)21-9-11-22(4-2)33-17-21/h3-8,10,12-14,16,21-22H,1-2,9,11,15,17H2. The van der Waals surface area contributed by atoms with Crippen LogP contribution in [0, 0.1) is 17.5 Å². The predicted molar refractivity (Wildman–Crippen MR) is 125 cm³/mol. The third-order valence-corrected chi connectivity index (χ3v) is 5.95. The van der Waals surface area contributed by atoms with Gasteiger partial charge in [0.1, 0.15) is 12.4 Å². The molecular weight excluding hydrogens is 425 g/mol. The first kappa shape index (κ1) is 22.9. The molecular formula is C28H25F3O2. The fourth-order valence-corrected chi connectivity index (χ4v) is 4.08. The Morgan fingerprint density at radius 2 is 1.58 bits per heavy atom. The molecule has 0 saturated carbocycles. The minimum Gasteiger partial charge on any atom is -0.486 e. The fourth-order valence-electron chi connectivity index (χ4n) is 4.08. The van der Waals surface area contributed by atoms with Gasteiger partial charge in [-0.25, -0.2) is 8.78 Å². The van der Waals surface area contributed by atoms with Gasteiger partial charge in [-0.3, -0.25) is 0 Å². The topological polar surface area (TPSA) is 18.5 Å². The molecule has 2 atom stereocenters. The van der Waals surface area contributed by atoms with Gasteiger partial charge in [0.25, 0.3) is 0 Å². The first-order valence-electron chi connectivity index (χ1n) is 10.9. The number of ether oxygens (including phenoxy) is 2. The zero-order valence-electron chi connectivity index (χ0n) is 18.2. The lowest BCUT2D eigenvalue weighted by molar-refractivity contribution is 0.0328. The number of benzene rings is 3. The monoisotopic (exact) mass is 450 g/mol. The Hall–Kier alpha value is -3.31. The summed E-state index contributed by atoms with van der Waals surface area (Å²) in [5.41, 5.74) is 2.60. The molecule has 1 heterocycles. The first-order valence-corrected chi connectivity index (χ1v) is 10.9. The molecule has 170 valence electrons. The predicted octanol–water partition coefficient (Wildman–Crippen LogP) is 7.45. The molecule has 3 aromatic rings. The lowest BCUT2D eigenvalue weighted by atomic mass is 9.90. The smallest absolute Gasteiger partial charge is 0.201 e. The van der Waals surface area contributed by atoms with Crippen LogP contribution in [0.2, 0.25) is 0 Å². The molecule has 2 nitrogen and oxygen atoms in total. The lowest BCUT2D eigenvalue weighted by Crippen LogP contribution is -2.23. The molecule has 0 N–H and O–H groups in total. The molecule has 1 fully saturated rings. The van der Waals surface area contributed by atoms with Crippen molar-refractivity contribution >= 4 is 0 Å². The van der Waals surface area contributed by atoms with E-state index in [1.807, 2.05) is 6.07 Å². The Kier molecular flexibility index (Phi) is 6.99. The van der Waals surface area contributed by atoms with E-state index in [4.69, 9.17) is 9.47 Å². The summed E-state index contributed by atoms with van der Waals surface area (Å²) in [5.74, 6) is -2.38. The van der Waals surface area contributed by atoms with Crippen LogP contribution in [0.4, 0.5) is 13.2 Å². The van der Waals surface area contributed by atoms with Crippen LogP contribution in [0.5, 0.6) is 5.75 Å². The second-order valence-electron chi connectivity index (χ2n) is 8.04. The van der Waals surface area contributed by atoms with Crippen molar-refractivity contribution in [2.45, 2.75) is 24.9 Å². The summed E-state index contributed by atoms with van der Waals surface area (Å²) in [5, 5.41) is 0. The quantitative estimate of drug-likeness (QED) is 0.348. The third kappa shape index (κ3) is 4.88. The van der Waals surface area contributed by atoms with Crippen molar-refractivity contribution < 1.29 is 22.6 Å². The Balaban J connectivity index is 1.53. The minimum atomic E-state index is -1.05. The molecule has 0 spiro atoms.